The quantitative estimate of drug-likeness (QED) is 0.422. The van der Waals surface area contributed by atoms with Crippen molar-refractivity contribution in [3.8, 4) is 5.75 Å². The molecule has 0 saturated heterocycles. The van der Waals surface area contributed by atoms with E-state index in [-0.39, 0.29) is 69.9 Å². The van der Waals surface area contributed by atoms with Crippen LogP contribution in [0.4, 0.5) is 0 Å². The third-order valence-electron chi connectivity index (χ3n) is 2.47. The van der Waals surface area contributed by atoms with E-state index in [1.165, 1.54) is 0 Å². The van der Waals surface area contributed by atoms with Crippen molar-refractivity contribution in [3.63, 3.8) is 0 Å². The van der Waals surface area contributed by atoms with Gasteiger partial charge in [-0.15, -0.1) is 0 Å². The summed E-state index contributed by atoms with van der Waals surface area (Å²) in [5, 5.41) is 11.8. The van der Waals surface area contributed by atoms with Crippen molar-refractivity contribution in [1.82, 2.24) is 0 Å². The van der Waals surface area contributed by atoms with Crippen LogP contribution in [-0.4, -0.2) is 25.9 Å². The smallest absolute Gasteiger partial charge is 0.871 e. The summed E-state index contributed by atoms with van der Waals surface area (Å²) in [5.41, 5.74) is 0. The topological polar surface area (TPSA) is 135 Å². The third-order valence-corrected chi connectivity index (χ3v) is 4.18. The molecule has 0 fully saturated rings. The van der Waals surface area contributed by atoms with Gasteiger partial charge in [-0.25, -0.2) is 8.42 Å². The Labute approximate surface area is 165 Å². The molecule has 0 radical (unpaired) electrons. The van der Waals surface area contributed by atoms with Crippen LogP contribution in [0.25, 0.3) is 10.8 Å². The molecular weight excluding hydrogens is 342 g/mol. The van der Waals surface area contributed by atoms with E-state index in [0.29, 0.717) is 0 Å². The minimum absolute atomic E-state index is 0. The van der Waals surface area contributed by atoms with E-state index in [2.05, 4.69) is 0 Å². The van der Waals surface area contributed by atoms with Crippen molar-refractivity contribution < 1.29 is 90.2 Å². The second-order valence-electron chi connectivity index (χ2n) is 3.70. The van der Waals surface area contributed by atoms with Gasteiger partial charge in [0.15, 0.2) is 0 Å². The molecule has 0 spiro atoms. The number of hydrogen-bond donors (Lipinski definition) is 1. The molecule has 0 aromatic heterocycles. The number of fused-ring (bicyclic) bond motifs is 1. The maximum atomic E-state index is 11.8. The zero-order valence-corrected chi connectivity index (χ0v) is 16.7. The Bertz CT molecular complexity index is 876. The van der Waals surface area contributed by atoms with Gasteiger partial charge in [-0.3, -0.25) is 4.55 Å². The van der Waals surface area contributed by atoms with Crippen LogP contribution < -0.4 is 64.2 Å². The van der Waals surface area contributed by atoms with Crippen LogP contribution in [0, 0.1) is 0 Å². The van der Waals surface area contributed by atoms with Gasteiger partial charge in [-0.1, -0.05) is 17.9 Å². The molecule has 2 rings (SSSR count). The van der Waals surface area contributed by atoms with Crippen molar-refractivity contribution in [1.29, 1.82) is 0 Å². The molecule has 11 heteroatoms. The normalized spacial score (nSPS) is 11.5. The first-order valence-corrected chi connectivity index (χ1v) is 7.63. The van der Waals surface area contributed by atoms with Gasteiger partial charge in [0.1, 0.15) is 10.1 Å². The maximum absolute atomic E-state index is 11.8. The molecule has 2 aromatic carbocycles. The molecule has 2 aromatic rings. The Balaban J connectivity index is 0.00000200. The number of benzene rings is 2. The number of rotatable bonds is 2. The van der Waals surface area contributed by atoms with Gasteiger partial charge < -0.3 is 9.66 Å². The summed E-state index contributed by atoms with van der Waals surface area (Å²) in [6, 6.07) is 4.87. The molecule has 0 heterocycles. The first kappa shape index (κ1) is 21.3. The van der Waals surface area contributed by atoms with Gasteiger partial charge in [-0.2, -0.15) is 8.42 Å². The Morgan fingerprint density at radius 2 is 1.52 bits per heavy atom. The zero-order valence-electron chi connectivity index (χ0n) is 11.1. The van der Waals surface area contributed by atoms with E-state index in [1.54, 1.807) is 0 Å². The zero-order chi connectivity index (χ0) is 14.4. The average molecular weight is 348 g/mol. The first-order valence-electron chi connectivity index (χ1n) is 4.78. The standard InChI is InChI=1S/C10H8O7S2.2Na/c11-10-8-3-2-7(18(12,13)14)5-6(8)1-4-9(10)19(15,16)17;;/h1-5,11H,(H,12,13,14)(H,15,16,17);;/q;2*+1/p-2. The van der Waals surface area contributed by atoms with Crippen molar-refractivity contribution in [3.05, 3.63) is 30.3 Å². The third kappa shape index (κ3) is 4.64. The predicted octanol–water partition coefficient (Wildman–Crippen LogP) is -5.93. The molecule has 0 aliphatic carbocycles. The van der Waals surface area contributed by atoms with Crippen LogP contribution >= 0.6 is 0 Å². The molecule has 0 amide bonds. The molecule has 0 aliphatic heterocycles. The first-order chi connectivity index (χ1) is 8.60. The van der Waals surface area contributed by atoms with Crippen molar-refractivity contribution in [2.75, 3.05) is 0 Å². The Morgan fingerprint density at radius 3 is 2.00 bits per heavy atom. The molecule has 0 saturated carbocycles. The molecule has 102 valence electrons. The summed E-state index contributed by atoms with van der Waals surface area (Å²) in [6.45, 7) is 0. The molecule has 7 nitrogen and oxygen atoms in total. The largest absolute Gasteiger partial charge is 1.00 e. The van der Waals surface area contributed by atoms with E-state index in [0.717, 1.165) is 30.3 Å². The average Bonchev–Trinajstić information content (AvgIpc) is 2.26. The molecule has 21 heavy (non-hydrogen) atoms. The Kier molecular flexibility index (Phi) is 7.37. The fraction of sp³-hybridized carbons (Fsp3) is 0. The summed E-state index contributed by atoms with van der Waals surface area (Å²) in [4.78, 5) is -1.34. The van der Waals surface area contributed by atoms with Crippen molar-refractivity contribution in [2.24, 2.45) is 0 Å². The summed E-state index contributed by atoms with van der Waals surface area (Å²) in [7, 11) is -9.32. The fourth-order valence-electron chi connectivity index (χ4n) is 1.62. The second-order valence-corrected chi connectivity index (χ2v) is 6.47. The van der Waals surface area contributed by atoms with E-state index in [9.17, 15) is 26.5 Å². The van der Waals surface area contributed by atoms with E-state index < -0.39 is 35.8 Å². The van der Waals surface area contributed by atoms with Crippen molar-refractivity contribution in [2.45, 2.75) is 9.79 Å². The van der Waals surface area contributed by atoms with Crippen LogP contribution in [0.3, 0.4) is 0 Å². The van der Waals surface area contributed by atoms with Crippen LogP contribution in [0.1, 0.15) is 0 Å². The van der Waals surface area contributed by atoms with Gasteiger partial charge in [0.05, 0.1) is 9.79 Å². The van der Waals surface area contributed by atoms with Crippen LogP contribution in [0.2, 0.25) is 0 Å². The summed E-state index contributed by atoms with van der Waals surface area (Å²) in [5.74, 6) is -0.963. The van der Waals surface area contributed by atoms with Crippen LogP contribution in [0.15, 0.2) is 40.1 Å². The van der Waals surface area contributed by atoms with Gasteiger partial charge in [0.2, 0.25) is 0 Å². The van der Waals surface area contributed by atoms with E-state index in [4.69, 9.17) is 4.55 Å². The molecular formula is C10H6Na2O7S2. The molecule has 1 N–H and O–H groups in total. The predicted molar refractivity (Wildman–Crippen MR) is 61.2 cm³/mol. The van der Waals surface area contributed by atoms with E-state index in [1.807, 2.05) is 0 Å². The van der Waals surface area contributed by atoms with Crippen molar-refractivity contribution >= 4 is 31.0 Å². The minimum Gasteiger partial charge on any atom is -0.871 e. The molecule has 0 bridgehead atoms. The monoisotopic (exact) mass is 348 g/mol. The molecule has 0 atom stereocenters. The van der Waals surface area contributed by atoms with Gasteiger partial charge in [0.25, 0.3) is 10.1 Å². The van der Waals surface area contributed by atoms with Gasteiger partial charge in [0, 0.05) is 0 Å². The minimum atomic E-state index is -4.67. The van der Waals surface area contributed by atoms with Gasteiger partial charge >= 0.3 is 59.1 Å². The summed E-state index contributed by atoms with van der Waals surface area (Å²) in [6.07, 6.45) is 0. The SMILES string of the molecule is O=S(=O)([O-])c1ccc2c([O-])c(S(=O)(=O)O)ccc2c1.[Na+].[Na+]. The van der Waals surface area contributed by atoms with E-state index >= 15 is 0 Å². The number of hydrogen-bond acceptors (Lipinski definition) is 6. The maximum Gasteiger partial charge on any atom is 1.00 e. The summed E-state index contributed by atoms with van der Waals surface area (Å²) < 4.78 is 63.2. The van der Waals surface area contributed by atoms with Crippen LogP contribution in [-0.2, 0) is 20.2 Å². The summed E-state index contributed by atoms with van der Waals surface area (Å²) >= 11 is 0. The Hall–Kier alpha value is 0.320. The Morgan fingerprint density at radius 1 is 0.952 bits per heavy atom. The van der Waals surface area contributed by atoms with Crippen LogP contribution in [0.5, 0.6) is 5.75 Å². The van der Waals surface area contributed by atoms with Gasteiger partial charge in [-0.05, 0) is 29.0 Å². The molecule has 0 aliphatic rings. The fourth-order valence-corrected chi connectivity index (χ4v) is 2.71. The molecule has 0 unspecified atom stereocenters. The second kappa shape index (κ2) is 7.26.